The fourth-order valence-corrected chi connectivity index (χ4v) is 3.82. The largest absolute Gasteiger partial charge is 0.262 e. The number of thiophene rings is 1. The first-order chi connectivity index (χ1) is 9.88. The van der Waals surface area contributed by atoms with Crippen LogP contribution in [0.25, 0.3) is 10.2 Å². The second-order valence-corrected chi connectivity index (χ2v) is 6.91. The average molecular weight is 321 g/mol. The third kappa shape index (κ3) is 2.34. The van der Waals surface area contributed by atoms with E-state index in [-0.39, 0.29) is 0 Å². The van der Waals surface area contributed by atoms with Crippen LogP contribution in [0, 0.1) is 34.6 Å². The maximum absolute atomic E-state index is 6.35. The van der Waals surface area contributed by atoms with Gasteiger partial charge in [-0.1, -0.05) is 11.6 Å². The molecule has 0 unspecified atom stereocenters. The Labute approximate surface area is 132 Å². The summed E-state index contributed by atoms with van der Waals surface area (Å²) in [5, 5.41) is 6.05. The van der Waals surface area contributed by atoms with Crippen molar-refractivity contribution in [3.05, 3.63) is 38.4 Å². The summed E-state index contributed by atoms with van der Waals surface area (Å²) in [6, 6.07) is 0. The van der Waals surface area contributed by atoms with Gasteiger partial charge in [0.15, 0.2) is 5.82 Å². The first-order valence-corrected chi connectivity index (χ1v) is 8.00. The molecule has 3 aromatic heterocycles. The quantitative estimate of drug-likeness (QED) is 0.667. The fraction of sp³-hybridized carbons (Fsp3) is 0.400. The van der Waals surface area contributed by atoms with E-state index in [1.54, 1.807) is 11.3 Å². The highest BCUT2D eigenvalue weighted by molar-refractivity contribution is 7.18. The number of rotatable bonds is 2. The first kappa shape index (κ1) is 14.5. The maximum Gasteiger partial charge on any atom is 0.153 e. The topological polar surface area (TPSA) is 43.6 Å². The molecule has 0 saturated carbocycles. The Kier molecular flexibility index (Phi) is 3.50. The van der Waals surface area contributed by atoms with Crippen molar-refractivity contribution in [2.24, 2.45) is 0 Å². The molecule has 21 heavy (non-hydrogen) atoms. The van der Waals surface area contributed by atoms with Crippen molar-refractivity contribution in [1.82, 2.24) is 19.7 Å². The van der Waals surface area contributed by atoms with Crippen molar-refractivity contribution in [2.45, 2.75) is 41.2 Å². The van der Waals surface area contributed by atoms with Gasteiger partial charge in [-0.25, -0.2) is 9.97 Å². The minimum Gasteiger partial charge on any atom is -0.262 e. The van der Waals surface area contributed by atoms with Crippen LogP contribution < -0.4 is 0 Å². The van der Waals surface area contributed by atoms with Crippen LogP contribution in [-0.2, 0) is 6.54 Å². The lowest BCUT2D eigenvalue weighted by molar-refractivity contribution is 0.634. The second-order valence-electron chi connectivity index (χ2n) is 5.35. The standard InChI is InChI=1S/C15H17ClN4S/c1-7-9(3)19-20(10(7)4)6-12-17-14(16)13-8(2)11(5)21-15(13)18-12/h6H2,1-5H3. The highest BCUT2D eigenvalue weighted by Crippen LogP contribution is 2.33. The molecule has 110 valence electrons. The van der Waals surface area contributed by atoms with Gasteiger partial charge in [-0.2, -0.15) is 5.10 Å². The molecular formula is C15H17ClN4S. The molecule has 0 amide bonds. The molecule has 0 atom stereocenters. The fourth-order valence-electron chi connectivity index (χ4n) is 2.39. The van der Waals surface area contributed by atoms with Gasteiger partial charge in [0.25, 0.3) is 0 Å². The van der Waals surface area contributed by atoms with E-state index in [1.807, 2.05) is 11.6 Å². The predicted molar refractivity (Wildman–Crippen MR) is 87.4 cm³/mol. The molecule has 0 spiro atoms. The van der Waals surface area contributed by atoms with E-state index in [4.69, 9.17) is 11.6 Å². The number of fused-ring (bicyclic) bond motifs is 1. The zero-order chi connectivity index (χ0) is 15.3. The van der Waals surface area contributed by atoms with Gasteiger partial charge in [0.1, 0.15) is 16.5 Å². The van der Waals surface area contributed by atoms with Crippen molar-refractivity contribution < 1.29 is 0 Å². The highest BCUT2D eigenvalue weighted by atomic mass is 35.5. The van der Waals surface area contributed by atoms with E-state index in [0.29, 0.717) is 17.5 Å². The Morgan fingerprint density at radius 1 is 1.05 bits per heavy atom. The highest BCUT2D eigenvalue weighted by Gasteiger charge is 2.15. The monoisotopic (exact) mass is 320 g/mol. The summed E-state index contributed by atoms with van der Waals surface area (Å²) < 4.78 is 1.94. The third-order valence-electron chi connectivity index (χ3n) is 4.07. The minimum absolute atomic E-state index is 0.537. The lowest BCUT2D eigenvalue weighted by atomic mass is 10.2. The summed E-state index contributed by atoms with van der Waals surface area (Å²) in [4.78, 5) is 11.3. The van der Waals surface area contributed by atoms with Crippen molar-refractivity contribution in [3.8, 4) is 0 Å². The molecule has 0 saturated heterocycles. The molecule has 0 radical (unpaired) electrons. The summed E-state index contributed by atoms with van der Waals surface area (Å²) >= 11 is 8.01. The molecule has 0 aliphatic heterocycles. The Hall–Kier alpha value is -1.46. The van der Waals surface area contributed by atoms with Crippen molar-refractivity contribution >= 4 is 33.2 Å². The summed E-state index contributed by atoms with van der Waals surface area (Å²) in [5.41, 5.74) is 4.58. The smallest absolute Gasteiger partial charge is 0.153 e. The van der Waals surface area contributed by atoms with E-state index >= 15 is 0 Å². The second kappa shape index (κ2) is 5.07. The van der Waals surface area contributed by atoms with Crippen LogP contribution >= 0.6 is 22.9 Å². The van der Waals surface area contributed by atoms with Crippen molar-refractivity contribution in [2.75, 3.05) is 0 Å². The number of aryl methyl sites for hydroxylation is 3. The van der Waals surface area contributed by atoms with Crippen LogP contribution in [0.5, 0.6) is 0 Å². The number of aromatic nitrogens is 4. The molecular weight excluding hydrogens is 304 g/mol. The van der Waals surface area contributed by atoms with Crippen LogP contribution in [0.4, 0.5) is 0 Å². The number of hydrogen-bond donors (Lipinski definition) is 0. The Bertz CT molecular complexity index is 847. The molecule has 3 heterocycles. The van der Waals surface area contributed by atoms with Gasteiger partial charge in [-0.15, -0.1) is 11.3 Å². The van der Waals surface area contributed by atoms with E-state index in [1.165, 1.54) is 16.0 Å². The van der Waals surface area contributed by atoms with Crippen LogP contribution in [-0.4, -0.2) is 19.7 Å². The first-order valence-electron chi connectivity index (χ1n) is 6.81. The van der Waals surface area contributed by atoms with Gasteiger partial charge in [-0.3, -0.25) is 4.68 Å². The Morgan fingerprint density at radius 3 is 2.38 bits per heavy atom. The molecule has 0 aliphatic rings. The molecule has 6 heteroatoms. The minimum atomic E-state index is 0.537. The van der Waals surface area contributed by atoms with Gasteiger partial charge < -0.3 is 0 Å². The molecule has 3 aromatic rings. The van der Waals surface area contributed by atoms with Gasteiger partial charge in [-0.05, 0) is 45.7 Å². The van der Waals surface area contributed by atoms with Gasteiger partial charge in [0.05, 0.1) is 11.1 Å². The van der Waals surface area contributed by atoms with Crippen molar-refractivity contribution in [3.63, 3.8) is 0 Å². The molecule has 4 nitrogen and oxygen atoms in total. The summed E-state index contributed by atoms with van der Waals surface area (Å²) in [5.74, 6) is 0.708. The Balaban J connectivity index is 2.07. The number of halogens is 1. The van der Waals surface area contributed by atoms with Crippen LogP contribution in [0.2, 0.25) is 5.15 Å². The van der Waals surface area contributed by atoms with Crippen molar-refractivity contribution in [1.29, 1.82) is 0 Å². The predicted octanol–water partition coefficient (Wildman–Crippen LogP) is 4.13. The maximum atomic E-state index is 6.35. The summed E-state index contributed by atoms with van der Waals surface area (Å²) in [6.45, 7) is 10.9. The normalized spacial score (nSPS) is 11.5. The number of nitrogens with zero attached hydrogens (tertiary/aromatic N) is 4. The molecule has 0 aliphatic carbocycles. The van der Waals surface area contributed by atoms with Crippen LogP contribution in [0.3, 0.4) is 0 Å². The van der Waals surface area contributed by atoms with Crippen LogP contribution in [0.15, 0.2) is 0 Å². The summed E-state index contributed by atoms with van der Waals surface area (Å²) in [7, 11) is 0. The molecule has 0 N–H and O–H groups in total. The lowest BCUT2D eigenvalue weighted by Gasteiger charge is -2.05. The van der Waals surface area contributed by atoms with Gasteiger partial charge in [0, 0.05) is 10.6 Å². The van der Waals surface area contributed by atoms with E-state index < -0.39 is 0 Å². The number of hydrogen-bond acceptors (Lipinski definition) is 4. The zero-order valence-electron chi connectivity index (χ0n) is 12.8. The lowest BCUT2D eigenvalue weighted by Crippen LogP contribution is -2.08. The Morgan fingerprint density at radius 2 is 1.76 bits per heavy atom. The van der Waals surface area contributed by atoms with E-state index in [2.05, 4.69) is 42.8 Å². The molecule has 0 aromatic carbocycles. The van der Waals surface area contributed by atoms with Gasteiger partial charge in [0.2, 0.25) is 0 Å². The SMILES string of the molecule is Cc1nn(Cc2nc(Cl)c3c(C)c(C)sc3n2)c(C)c1C. The summed E-state index contributed by atoms with van der Waals surface area (Å²) in [6.07, 6.45) is 0. The van der Waals surface area contributed by atoms with E-state index in [9.17, 15) is 0 Å². The van der Waals surface area contributed by atoms with E-state index in [0.717, 1.165) is 21.6 Å². The molecule has 3 rings (SSSR count). The van der Waals surface area contributed by atoms with Gasteiger partial charge >= 0.3 is 0 Å². The van der Waals surface area contributed by atoms with Crippen LogP contribution in [0.1, 0.15) is 33.2 Å². The molecule has 0 fully saturated rings. The average Bonchev–Trinajstić information content (AvgIpc) is 2.83. The zero-order valence-corrected chi connectivity index (χ0v) is 14.4. The molecule has 0 bridgehead atoms. The third-order valence-corrected chi connectivity index (χ3v) is 5.44.